The monoisotopic (exact) mass is 273 g/mol. The van der Waals surface area contributed by atoms with E-state index >= 15 is 0 Å². The van der Waals surface area contributed by atoms with Gasteiger partial charge in [0.2, 0.25) is 0 Å². The summed E-state index contributed by atoms with van der Waals surface area (Å²) in [6, 6.07) is 7.71. The van der Waals surface area contributed by atoms with E-state index in [1.807, 2.05) is 31.2 Å². The van der Waals surface area contributed by atoms with Crippen molar-refractivity contribution in [2.24, 2.45) is 0 Å². The van der Waals surface area contributed by atoms with Crippen LogP contribution in [0, 0.1) is 0 Å². The second-order valence-corrected chi connectivity index (χ2v) is 4.74. The number of benzene rings is 1. The van der Waals surface area contributed by atoms with Crippen LogP contribution in [0.5, 0.6) is 0 Å². The summed E-state index contributed by atoms with van der Waals surface area (Å²) in [5.74, 6) is 0. The van der Waals surface area contributed by atoms with Gasteiger partial charge in [-0.3, -0.25) is 0 Å². The lowest BCUT2D eigenvalue weighted by Gasteiger charge is -2.34. The fraction of sp³-hybridized carbons (Fsp3) is 0.571. The predicted octanol–water partition coefficient (Wildman–Crippen LogP) is 3.23. The lowest BCUT2D eigenvalue weighted by atomic mass is 9.85. The van der Waals surface area contributed by atoms with Gasteiger partial charge in [0.1, 0.15) is 6.61 Å². The Hall–Kier alpha value is -1.07. The summed E-state index contributed by atoms with van der Waals surface area (Å²) < 4.78 is 41.9. The summed E-state index contributed by atoms with van der Waals surface area (Å²) in [4.78, 5) is 0. The number of halogens is 3. The summed E-state index contributed by atoms with van der Waals surface area (Å²) in [6.07, 6.45) is -3.31. The Morgan fingerprint density at radius 2 is 2.05 bits per heavy atom. The molecule has 0 heterocycles. The van der Waals surface area contributed by atoms with E-state index in [1.54, 1.807) is 0 Å². The van der Waals surface area contributed by atoms with Gasteiger partial charge in [0, 0.05) is 0 Å². The number of alkyl halides is 3. The molecule has 0 aliphatic heterocycles. The minimum absolute atomic E-state index is 0.155. The summed E-state index contributed by atoms with van der Waals surface area (Å²) in [6.45, 7) is 1.46. The van der Waals surface area contributed by atoms with Gasteiger partial charge in [0.15, 0.2) is 0 Å². The van der Waals surface area contributed by atoms with Crippen molar-refractivity contribution in [3.63, 3.8) is 0 Å². The van der Waals surface area contributed by atoms with Crippen LogP contribution in [-0.4, -0.2) is 25.4 Å². The molecule has 1 aromatic carbocycles. The Bertz CT molecular complexity index is 419. The van der Waals surface area contributed by atoms with Gasteiger partial charge in [-0.1, -0.05) is 31.2 Å². The van der Waals surface area contributed by atoms with E-state index in [1.165, 1.54) is 5.56 Å². The zero-order chi connectivity index (χ0) is 13.9. The number of nitrogens with one attached hydrogen (secondary N) is 1. The SMILES string of the molecule is CCNC1c2ccccc2CCC1OCC(F)(F)F. The summed E-state index contributed by atoms with van der Waals surface area (Å²) in [5.41, 5.74) is 2.25. The molecule has 0 amide bonds. The summed E-state index contributed by atoms with van der Waals surface area (Å²) >= 11 is 0. The van der Waals surface area contributed by atoms with Crippen LogP contribution in [0.4, 0.5) is 13.2 Å². The molecule has 0 aromatic heterocycles. The number of hydrogen-bond acceptors (Lipinski definition) is 2. The molecule has 2 unspecified atom stereocenters. The summed E-state index contributed by atoms with van der Waals surface area (Å²) in [7, 11) is 0. The fourth-order valence-electron chi connectivity index (χ4n) is 2.57. The fourth-order valence-corrected chi connectivity index (χ4v) is 2.57. The van der Waals surface area contributed by atoms with Gasteiger partial charge < -0.3 is 10.1 Å². The topological polar surface area (TPSA) is 21.3 Å². The van der Waals surface area contributed by atoms with E-state index < -0.39 is 18.9 Å². The van der Waals surface area contributed by atoms with E-state index in [9.17, 15) is 13.2 Å². The molecule has 0 fully saturated rings. The Morgan fingerprint density at radius 3 is 2.74 bits per heavy atom. The van der Waals surface area contributed by atoms with Crippen LogP contribution in [0.2, 0.25) is 0 Å². The number of rotatable bonds is 4. The van der Waals surface area contributed by atoms with Crippen molar-refractivity contribution in [3.8, 4) is 0 Å². The third kappa shape index (κ3) is 3.70. The highest BCUT2D eigenvalue weighted by Gasteiger charge is 2.34. The molecule has 0 radical (unpaired) electrons. The molecule has 1 aliphatic rings. The van der Waals surface area contributed by atoms with Gasteiger partial charge in [0.05, 0.1) is 12.1 Å². The molecule has 0 saturated heterocycles. The van der Waals surface area contributed by atoms with Crippen molar-refractivity contribution in [2.45, 2.75) is 38.1 Å². The van der Waals surface area contributed by atoms with Gasteiger partial charge in [-0.2, -0.15) is 13.2 Å². The number of aryl methyl sites for hydroxylation is 1. The van der Waals surface area contributed by atoms with E-state index in [0.717, 1.165) is 12.0 Å². The molecule has 19 heavy (non-hydrogen) atoms. The van der Waals surface area contributed by atoms with Gasteiger partial charge in [-0.05, 0) is 30.5 Å². The van der Waals surface area contributed by atoms with Crippen LogP contribution in [-0.2, 0) is 11.2 Å². The first kappa shape index (κ1) is 14.3. The van der Waals surface area contributed by atoms with E-state index in [0.29, 0.717) is 13.0 Å². The molecular weight excluding hydrogens is 255 g/mol. The normalized spacial score (nSPS) is 23.2. The highest BCUT2D eigenvalue weighted by atomic mass is 19.4. The van der Waals surface area contributed by atoms with Gasteiger partial charge >= 0.3 is 6.18 Å². The maximum Gasteiger partial charge on any atom is 0.411 e. The number of fused-ring (bicyclic) bond motifs is 1. The van der Waals surface area contributed by atoms with Crippen LogP contribution < -0.4 is 5.32 Å². The average molecular weight is 273 g/mol. The molecular formula is C14H18F3NO. The molecule has 2 rings (SSSR count). The third-order valence-electron chi connectivity index (χ3n) is 3.35. The van der Waals surface area contributed by atoms with E-state index in [4.69, 9.17) is 4.74 Å². The minimum Gasteiger partial charge on any atom is -0.367 e. The third-order valence-corrected chi connectivity index (χ3v) is 3.35. The lowest BCUT2D eigenvalue weighted by Crippen LogP contribution is -2.39. The molecule has 0 bridgehead atoms. The molecule has 1 aromatic rings. The van der Waals surface area contributed by atoms with Crippen molar-refractivity contribution in [2.75, 3.05) is 13.2 Å². The first-order chi connectivity index (χ1) is 9.01. The van der Waals surface area contributed by atoms with Crippen molar-refractivity contribution in [3.05, 3.63) is 35.4 Å². The first-order valence-electron chi connectivity index (χ1n) is 6.51. The first-order valence-corrected chi connectivity index (χ1v) is 6.51. The zero-order valence-corrected chi connectivity index (χ0v) is 10.8. The van der Waals surface area contributed by atoms with E-state index in [-0.39, 0.29) is 6.04 Å². The molecule has 2 nitrogen and oxygen atoms in total. The van der Waals surface area contributed by atoms with Crippen molar-refractivity contribution < 1.29 is 17.9 Å². The molecule has 106 valence electrons. The largest absolute Gasteiger partial charge is 0.411 e. The smallest absolute Gasteiger partial charge is 0.367 e. The van der Waals surface area contributed by atoms with Gasteiger partial charge in [0.25, 0.3) is 0 Å². The second kappa shape index (κ2) is 5.92. The standard InChI is InChI=1S/C14H18F3NO/c1-2-18-13-11-6-4-3-5-10(11)7-8-12(13)19-9-14(15,16)17/h3-6,12-13,18H,2,7-9H2,1H3. The van der Waals surface area contributed by atoms with Crippen molar-refractivity contribution >= 4 is 0 Å². The van der Waals surface area contributed by atoms with Gasteiger partial charge in [-0.15, -0.1) is 0 Å². The average Bonchev–Trinajstić information content (AvgIpc) is 2.37. The van der Waals surface area contributed by atoms with Crippen LogP contribution in [0.15, 0.2) is 24.3 Å². The molecule has 0 saturated carbocycles. The zero-order valence-electron chi connectivity index (χ0n) is 10.8. The Labute approximate surface area is 111 Å². The highest BCUT2D eigenvalue weighted by Crippen LogP contribution is 2.32. The van der Waals surface area contributed by atoms with Crippen LogP contribution in [0.25, 0.3) is 0 Å². The van der Waals surface area contributed by atoms with Crippen LogP contribution in [0.1, 0.15) is 30.5 Å². The molecule has 0 spiro atoms. The Kier molecular flexibility index (Phi) is 4.47. The van der Waals surface area contributed by atoms with Crippen LogP contribution >= 0.6 is 0 Å². The number of hydrogen-bond donors (Lipinski definition) is 1. The predicted molar refractivity (Wildman–Crippen MR) is 67.0 cm³/mol. The van der Waals surface area contributed by atoms with Crippen LogP contribution in [0.3, 0.4) is 0 Å². The maximum absolute atomic E-state index is 12.3. The lowest BCUT2D eigenvalue weighted by molar-refractivity contribution is -0.189. The molecule has 1 aliphatic carbocycles. The second-order valence-electron chi connectivity index (χ2n) is 4.74. The van der Waals surface area contributed by atoms with Crippen molar-refractivity contribution in [1.29, 1.82) is 0 Å². The number of likely N-dealkylation sites (N-methyl/N-ethyl adjacent to an activating group) is 1. The quantitative estimate of drug-likeness (QED) is 0.909. The molecule has 5 heteroatoms. The minimum atomic E-state index is -4.27. The van der Waals surface area contributed by atoms with Gasteiger partial charge in [-0.25, -0.2) is 0 Å². The van der Waals surface area contributed by atoms with E-state index in [2.05, 4.69) is 5.32 Å². The van der Waals surface area contributed by atoms with Crippen molar-refractivity contribution in [1.82, 2.24) is 5.32 Å². The molecule has 1 N–H and O–H groups in total. The number of ether oxygens (including phenoxy) is 1. The summed E-state index contributed by atoms with van der Waals surface area (Å²) in [5, 5.41) is 3.23. The highest BCUT2D eigenvalue weighted by molar-refractivity contribution is 5.33. The maximum atomic E-state index is 12.3. The Morgan fingerprint density at radius 1 is 1.32 bits per heavy atom. The molecule has 2 atom stereocenters. The Balaban J connectivity index is 2.12.